The number of imidazole rings is 1. The first kappa shape index (κ1) is 25.0. The van der Waals surface area contributed by atoms with Crippen molar-refractivity contribution in [3.8, 4) is 5.75 Å². The summed E-state index contributed by atoms with van der Waals surface area (Å²) in [5.41, 5.74) is 5.26. The van der Waals surface area contributed by atoms with E-state index in [1.54, 1.807) is 0 Å². The molecule has 0 spiro atoms. The van der Waals surface area contributed by atoms with Gasteiger partial charge in [-0.05, 0) is 74.7 Å². The van der Waals surface area contributed by atoms with E-state index in [2.05, 4.69) is 70.0 Å². The average Bonchev–Trinajstić information content (AvgIpc) is 3.20. The van der Waals surface area contributed by atoms with Gasteiger partial charge in [-0.3, -0.25) is 4.79 Å². The van der Waals surface area contributed by atoms with Crippen LogP contribution in [0, 0.1) is 13.8 Å². The van der Waals surface area contributed by atoms with Crippen molar-refractivity contribution < 1.29 is 9.53 Å². The molecule has 0 bridgehead atoms. The van der Waals surface area contributed by atoms with Crippen molar-refractivity contribution in [2.45, 2.75) is 46.1 Å². The van der Waals surface area contributed by atoms with Crippen LogP contribution in [-0.4, -0.2) is 28.6 Å². The van der Waals surface area contributed by atoms with E-state index in [0.29, 0.717) is 18.7 Å². The van der Waals surface area contributed by atoms with Crippen LogP contribution < -0.4 is 10.1 Å². The van der Waals surface area contributed by atoms with Crippen molar-refractivity contribution in [3.63, 3.8) is 0 Å². The van der Waals surface area contributed by atoms with Crippen molar-refractivity contribution in [1.82, 2.24) is 14.9 Å². The second kappa shape index (κ2) is 12.0. The lowest BCUT2D eigenvalue weighted by atomic mass is 10.1. The number of rotatable bonds is 11. The van der Waals surface area contributed by atoms with Crippen molar-refractivity contribution >= 4 is 32.9 Å². The summed E-state index contributed by atoms with van der Waals surface area (Å²) in [7, 11) is 0. The number of nitrogens with one attached hydrogen (secondary N) is 1. The first-order chi connectivity index (χ1) is 17.0. The molecule has 0 unspecified atom stereocenters. The van der Waals surface area contributed by atoms with Crippen molar-refractivity contribution in [2.75, 3.05) is 13.2 Å². The lowest BCUT2D eigenvalue weighted by molar-refractivity contribution is 0.0953. The molecular weight excluding hydrogens is 502 g/mol. The summed E-state index contributed by atoms with van der Waals surface area (Å²) in [4.78, 5) is 17.1. The van der Waals surface area contributed by atoms with E-state index < -0.39 is 0 Å². The minimum atomic E-state index is -0.0249. The van der Waals surface area contributed by atoms with Gasteiger partial charge < -0.3 is 14.6 Å². The number of carbonyl (C=O) groups is 1. The van der Waals surface area contributed by atoms with Gasteiger partial charge in [0.2, 0.25) is 0 Å². The molecule has 0 aliphatic rings. The van der Waals surface area contributed by atoms with Gasteiger partial charge in [0.05, 0.1) is 17.6 Å². The Morgan fingerprint density at radius 2 is 1.80 bits per heavy atom. The Balaban J connectivity index is 1.28. The van der Waals surface area contributed by atoms with Crippen LogP contribution in [0.15, 0.2) is 71.2 Å². The molecule has 4 rings (SSSR count). The molecule has 0 saturated carbocycles. The third-order valence-electron chi connectivity index (χ3n) is 6.11. The number of aryl methyl sites for hydroxylation is 3. The number of amides is 1. The second-order valence-corrected chi connectivity index (χ2v) is 9.77. The smallest absolute Gasteiger partial charge is 0.251 e. The molecule has 1 amide bonds. The molecule has 0 atom stereocenters. The highest BCUT2D eigenvalue weighted by molar-refractivity contribution is 9.10. The Bertz CT molecular complexity index is 1280. The predicted octanol–water partition coefficient (Wildman–Crippen LogP) is 6.64. The van der Waals surface area contributed by atoms with Crippen LogP contribution in [0.5, 0.6) is 5.75 Å². The van der Waals surface area contributed by atoms with Gasteiger partial charge in [-0.1, -0.05) is 52.2 Å². The van der Waals surface area contributed by atoms with Gasteiger partial charge in [0, 0.05) is 23.0 Å². The highest BCUT2D eigenvalue weighted by atomic mass is 79.9. The van der Waals surface area contributed by atoms with Gasteiger partial charge in [-0.2, -0.15) is 0 Å². The normalized spacial score (nSPS) is 11.1. The van der Waals surface area contributed by atoms with Gasteiger partial charge in [-0.15, -0.1) is 0 Å². The number of carbonyl (C=O) groups excluding carboxylic acids is 1. The van der Waals surface area contributed by atoms with E-state index in [9.17, 15) is 4.79 Å². The fraction of sp³-hybridized carbons (Fsp3) is 0.310. The average molecular weight is 534 g/mol. The number of hydrogen-bond donors (Lipinski definition) is 1. The molecular formula is C29H32BrN3O2. The molecule has 1 aromatic heterocycles. The Kier molecular flexibility index (Phi) is 8.59. The SMILES string of the molecule is Cc1ccc(OCCn2c(CCCCCNC(=O)c3ccc(Br)cc3)nc3ccccc32)c(C)c1. The number of aromatic nitrogens is 2. The standard InChI is InChI=1S/C29H32BrN3O2/c1-21-11-16-27(22(2)20-21)35-19-18-33-26-9-6-5-8-25(26)32-28(33)10-4-3-7-17-31-29(34)23-12-14-24(30)15-13-23/h5-6,8-9,11-16,20H,3-4,7,10,17-19H2,1-2H3,(H,31,34). The van der Waals surface area contributed by atoms with Crippen LogP contribution in [0.2, 0.25) is 0 Å². The fourth-order valence-corrected chi connectivity index (χ4v) is 4.53. The van der Waals surface area contributed by atoms with Crippen molar-refractivity contribution in [3.05, 3.63) is 93.7 Å². The summed E-state index contributed by atoms with van der Waals surface area (Å²) in [5.74, 6) is 2.00. The first-order valence-electron chi connectivity index (χ1n) is 12.2. The predicted molar refractivity (Wildman–Crippen MR) is 145 cm³/mol. The zero-order valence-electron chi connectivity index (χ0n) is 20.4. The Hall–Kier alpha value is -3.12. The molecule has 0 aliphatic carbocycles. The Morgan fingerprint density at radius 3 is 2.60 bits per heavy atom. The number of para-hydroxylation sites is 2. The van der Waals surface area contributed by atoms with Crippen LogP contribution in [0.1, 0.15) is 46.6 Å². The highest BCUT2D eigenvalue weighted by Gasteiger charge is 2.11. The van der Waals surface area contributed by atoms with Crippen LogP contribution in [-0.2, 0) is 13.0 Å². The van der Waals surface area contributed by atoms with E-state index in [1.807, 2.05) is 36.4 Å². The molecule has 5 nitrogen and oxygen atoms in total. The topological polar surface area (TPSA) is 56.1 Å². The van der Waals surface area contributed by atoms with E-state index in [-0.39, 0.29) is 5.91 Å². The maximum atomic E-state index is 12.2. The minimum Gasteiger partial charge on any atom is -0.491 e. The second-order valence-electron chi connectivity index (χ2n) is 8.86. The summed E-state index contributed by atoms with van der Waals surface area (Å²) in [6, 6.07) is 22.0. The van der Waals surface area contributed by atoms with Crippen molar-refractivity contribution in [1.29, 1.82) is 0 Å². The number of unbranched alkanes of at least 4 members (excludes halogenated alkanes) is 2. The molecule has 1 heterocycles. The zero-order chi connectivity index (χ0) is 24.6. The quantitative estimate of drug-likeness (QED) is 0.220. The van der Waals surface area contributed by atoms with Crippen LogP contribution in [0.25, 0.3) is 11.0 Å². The number of halogens is 1. The molecule has 0 radical (unpaired) electrons. The summed E-state index contributed by atoms with van der Waals surface area (Å²) >= 11 is 3.40. The summed E-state index contributed by atoms with van der Waals surface area (Å²) < 4.78 is 9.36. The third-order valence-corrected chi connectivity index (χ3v) is 6.63. The van der Waals surface area contributed by atoms with Crippen molar-refractivity contribution in [2.24, 2.45) is 0 Å². The minimum absolute atomic E-state index is 0.0249. The Morgan fingerprint density at radius 1 is 1.00 bits per heavy atom. The molecule has 6 heteroatoms. The lowest BCUT2D eigenvalue weighted by Gasteiger charge is -2.13. The molecule has 1 N–H and O–H groups in total. The summed E-state index contributed by atoms with van der Waals surface area (Å²) in [6.45, 7) is 6.21. The molecule has 0 aliphatic heterocycles. The van der Waals surface area contributed by atoms with Crippen LogP contribution in [0.4, 0.5) is 0 Å². The molecule has 4 aromatic rings. The third kappa shape index (κ3) is 6.73. The number of nitrogens with zero attached hydrogens (tertiary/aromatic N) is 2. The molecule has 35 heavy (non-hydrogen) atoms. The first-order valence-corrected chi connectivity index (χ1v) is 13.0. The van der Waals surface area contributed by atoms with E-state index in [1.165, 1.54) is 5.56 Å². The maximum Gasteiger partial charge on any atom is 0.251 e. The summed E-state index contributed by atoms with van der Waals surface area (Å²) in [5, 5.41) is 3.01. The van der Waals surface area contributed by atoms with Gasteiger partial charge in [0.15, 0.2) is 0 Å². The molecule has 182 valence electrons. The lowest BCUT2D eigenvalue weighted by Crippen LogP contribution is -2.24. The molecule has 3 aromatic carbocycles. The summed E-state index contributed by atoms with van der Waals surface area (Å²) in [6.07, 6.45) is 3.90. The number of hydrogen-bond acceptors (Lipinski definition) is 3. The zero-order valence-corrected chi connectivity index (χ0v) is 22.0. The largest absolute Gasteiger partial charge is 0.491 e. The fourth-order valence-electron chi connectivity index (χ4n) is 4.26. The number of ether oxygens (including phenoxy) is 1. The number of fused-ring (bicyclic) bond motifs is 1. The van der Waals surface area contributed by atoms with Gasteiger partial charge >= 0.3 is 0 Å². The Labute approximate surface area is 215 Å². The van der Waals surface area contributed by atoms with Gasteiger partial charge in [-0.25, -0.2) is 4.98 Å². The van der Waals surface area contributed by atoms with E-state index >= 15 is 0 Å². The highest BCUT2D eigenvalue weighted by Crippen LogP contribution is 2.21. The van der Waals surface area contributed by atoms with E-state index in [4.69, 9.17) is 9.72 Å². The van der Waals surface area contributed by atoms with Crippen LogP contribution in [0.3, 0.4) is 0 Å². The molecule has 0 fully saturated rings. The van der Waals surface area contributed by atoms with Gasteiger partial charge in [0.25, 0.3) is 5.91 Å². The number of benzene rings is 3. The van der Waals surface area contributed by atoms with E-state index in [0.717, 1.165) is 64.9 Å². The monoisotopic (exact) mass is 533 g/mol. The van der Waals surface area contributed by atoms with Crippen LogP contribution >= 0.6 is 15.9 Å². The molecule has 0 saturated heterocycles. The maximum absolute atomic E-state index is 12.2. The van der Waals surface area contributed by atoms with Gasteiger partial charge in [0.1, 0.15) is 18.2 Å².